The molecule has 172 valence electrons. The molecule has 0 radical (unpaired) electrons. The van der Waals surface area contributed by atoms with Crippen LogP contribution in [0.25, 0.3) is 0 Å². The molecular formula is C27H28ClFN2O2. The van der Waals surface area contributed by atoms with Gasteiger partial charge in [-0.2, -0.15) is 0 Å². The van der Waals surface area contributed by atoms with Gasteiger partial charge >= 0.3 is 0 Å². The van der Waals surface area contributed by atoms with E-state index < -0.39 is 11.9 Å². The molecule has 33 heavy (non-hydrogen) atoms. The van der Waals surface area contributed by atoms with Crippen LogP contribution in [0.2, 0.25) is 5.02 Å². The van der Waals surface area contributed by atoms with Crippen molar-refractivity contribution in [2.45, 2.75) is 45.3 Å². The molecule has 6 heteroatoms. The summed E-state index contributed by atoms with van der Waals surface area (Å²) >= 11 is 6.17. The van der Waals surface area contributed by atoms with E-state index in [0.29, 0.717) is 17.0 Å². The molecule has 3 aromatic carbocycles. The molecule has 0 saturated carbocycles. The zero-order valence-electron chi connectivity index (χ0n) is 18.8. The molecule has 0 aliphatic rings. The highest BCUT2D eigenvalue weighted by Gasteiger charge is 2.31. The molecule has 3 aromatic rings. The summed E-state index contributed by atoms with van der Waals surface area (Å²) in [4.78, 5) is 28.3. The predicted molar refractivity (Wildman–Crippen MR) is 129 cm³/mol. The second-order valence-corrected chi connectivity index (χ2v) is 8.72. The molecule has 0 saturated heterocycles. The van der Waals surface area contributed by atoms with E-state index in [-0.39, 0.29) is 30.8 Å². The van der Waals surface area contributed by atoms with E-state index in [4.69, 9.17) is 11.6 Å². The minimum atomic E-state index is -0.770. The molecule has 0 bridgehead atoms. The first-order valence-electron chi connectivity index (χ1n) is 10.9. The summed E-state index contributed by atoms with van der Waals surface area (Å²) in [5.41, 5.74) is 2.01. The van der Waals surface area contributed by atoms with Gasteiger partial charge in [-0.1, -0.05) is 72.3 Å². The zero-order chi connectivity index (χ0) is 23.8. The zero-order valence-corrected chi connectivity index (χ0v) is 19.6. The van der Waals surface area contributed by atoms with Gasteiger partial charge in [0.25, 0.3) is 0 Å². The number of nitrogens with zero attached hydrogens (tertiary/aromatic N) is 1. The predicted octanol–water partition coefficient (Wildman–Crippen LogP) is 5.19. The average Bonchev–Trinajstić information content (AvgIpc) is 2.78. The Balaban J connectivity index is 1.98. The number of amides is 2. The van der Waals surface area contributed by atoms with Gasteiger partial charge in [-0.3, -0.25) is 9.59 Å². The second-order valence-electron chi connectivity index (χ2n) is 8.29. The molecule has 1 unspecified atom stereocenters. The SMILES string of the molecule is CC(C)NC(=O)C(Cc1ccccc1)N(Cc1cccc(Cl)c1)C(=O)Cc1ccccc1F. The van der Waals surface area contributed by atoms with E-state index in [2.05, 4.69) is 5.32 Å². The van der Waals surface area contributed by atoms with Crippen molar-refractivity contribution >= 4 is 23.4 Å². The van der Waals surface area contributed by atoms with Crippen LogP contribution in [0.1, 0.15) is 30.5 Å². The highest BCUT2D eigenvalue weighted by molar-refractivity contribution is 6.30. The number of nitrogens with one attached hydrogen (secondary N) is 1. The first-order valence-corrected chi connectivity index (χ1v) is 11.3. The van der Waals surface area contributed by atoms with Crippen LogP contribution >= 0.6 is 11.6 Å². The third kappa shape index (κ3) is 7.16. The van der Waals surface area contributed by atoms with Crippen molar-refractivity contribution < 1.29 is 14.0 Å². The first kappa shape index (κ1) is 24.5. The molecule has 4 nitrogen and oxygen atoms in total. The summed E-state index contributed by atoms with van der Waals surface area (Å²) < 4.78 is 14.3. The number of carbonyl (C=O) groups excluding carboxylic acids is 2. The van der Waals surface area contributed by atoms with E-state index in [0.717, 1.165) is 11.1 Å². The van der Waals surface area contributed by atoms with Crippen LogP contribution in [-0.2, 0) is 29.0 Å². The Labute approximate surface area is 199 Å². The fourth-order valence-electron chi connectivity index (χ4n) is 3.67. The average molecular weight is 467 g/mol. The molecule has 0 aromatic heterocycles. The van der Waals surface area contributed by atoms with Crippen LogP contribution in [0.15, 0.2) is 78.9 Å². The number of halogens is 2. The molecule has 3 rings (SSSR count). The van der Waals surface area contributed by atoms with Gasteiger partial charge in [-0.25, -0.2) is 4.39 Å². The van der Waals surface area contributed by atoms with Crippen LogP contribution in [0.4, 0.5) is 4.39 Å². The molecule has 2 amide bonds. The van der Waals surface area contributed by atoms with Gasteiger partial charge in [0.2, 0.25) is 11.8 Å². The van der Waals surface area contributed by atoms with E-state index in [9.17, 15) is 14.0 Å². The number of hydrogen-bond acceptors (Lipinski definition) is 2. The Morgan fingerprint density at radius 3 is 2.27 bits per heavy atom. The lowest BCUT2D eigenvalue weighted by atomic mass is 10.0. The minimum Gasteiger partial charge on any atom is -0.352 e. The number of hydrogen-bond donors (Lipinski definition) is 1. The van der Waals surface area contributed by atoms with Gasteiger partial charge in [0.1, 0.15) is 11.9 Å². The third-order valence-electron chi connectivity index (χ3n) is 5.24. The molecular weight excluding hydrogens is 439 g/mol. The molecule has 0 aliphatic carbocycles. The van der Waals surface area contributed by atoms with Gasteiger partial charge in [-0.05, 0) is 48.7 Å². The molecule has 0 heterocycles. The van der Waals surface area contributed by atoms with Gasteiger partial charge < -0.3 is 10.2 Å². The van der Waals surface area contributed by atoms with Crippen LogP contribution in [-0.4, -0.2) is 28.8 Å². The van der Waals surface area contributed by atoms with Crippen molar-refractivity contribution in [1.82, 2.24) is 10.2 Å². The lowest BCUT2D eigenvalue weighted by Crippen LogP contribution is -2.52. The Bertz CT molecular complexity index is 1090. The van der Waals surface area contributed by atoms with E-state index in [1.165, 1.54) is 11.0 Å². The quantitative estimate of drug-likeness (QED) is 0.472. The molecule has 1 N–H and O–H groups in total. The van der Waals surface area contributed by atoms with E-state index >= 15 is 0 Å². The highest BCUT2D eigenvalue weighted by Crippen LogP contribution is 2.19. The van der Waals surface area contributed by atoms with E-state index in [1.54, 1.807) is 36.4 Å². The molecule has 1 atom stereocenters. The summed E-state index contributed by atoms with van der Waals surface area (Å²) in [6.45, 7) is 3.93. The van der Waals surface area contributed by atoms with Crippen molar-refractivity contribution in [1.29, 1.82) is 0 Å². The fourth-order valence-corrected chi connectivity index (χ4v) is 3.89. The lowest BCUT2D eigenvalue weighted by molar-refractivity contribution is -0.141. The van der Waals surface area contributed by atoms with Crippen LogP contribution in [0.3, 0.4) is 0 Å². The molecule has 0 fully saturated rings. The first-order chi connectivity index (χ1) is 15.8. The van der Waals surface area contributed by atoms with Crippen molar-refractivity contribution in [2.75, 3.05) is 0 Å². The van der Waals surface area contributed by atoms with E-state index in [1.807, 2.05) is 50.2 Å². The summed E-state index contributed by atoms with van der Waals surface area (Å²) in [6, 6.07) is 22.1. The van der Waals surface area contributed by atoms with Crippen molar-refractivity contribution in [3.05, 3.63) is 106 Å². The minimum absolute atomic E-state index is 0.0922. The summed E-state index contributed by atoms with van der Waals surface area (Å²) in [5, 5.41) is 3.48. The van der Waals surface area contributed by atoms with Crippen molar-refractivity contribution in [2.24, 2.45) is 0 Å². The van der Waals surface area contributed by atoms with Gasteiger partial charge in [-0.15, -0.1) is 0 Å². The Hall–Kier alpha value is -3.18. The molecule has 0 aliphatic heterocycles. The monoisotopic (exact) mass is 466 g/mol. The number of carbonyl (C=O) groups is 2. The Morgan fingerprint density at radius 1 is 0.939 bits per heavy atom. The number of benzene rings is 3. The maximum Gasteiger partial charge on any atom is 0.243 e. The van der Waals surface area contributed by atoms with Gasteiger partial charge in [0.15, 0.2) is 0 Å². The smallest absolute Gasteiger partial charge is 0.243 e. The normalized spacial score (nSPS) is 11.8. The van der Waals surface area contributed by atoms with Crippen LogP contribution in [0, 0.1) is 5.82 Å². The third-order valence-corrected chi connectivity index (χ3v) is 5.48. The van der Waals surface area contributed by atoms with Crippen LogP contribution < -0.4 is 5.32 Å². The lowest BCUT2D eigenvalue weighted by Gasteiger charge is -2.32. The fraction of sp³-hybridized carbons (Fsp3) is 0.259. The summed E-state index contributed by atoms with van der Waals surface area (Å²) in [7, 11) is 0. The second kappa shape index (κ2) is 11.6. The Kier molecular flexibility index (Phi) is 8.61. The topological polar surface area (TPSA) is 49.4 Å². The summed E-state index contributed by atoms with van der Waals surface area (Å²) in [5.74, 6) is -1.03. The number of rotatable bonds is 9. The maximum atomic E-state index is 14.3. The summed E-state index contributed by atoms with van der Waals surface area (Å²) in [6.07, 6.45) is 0.191. The van der Waals surface area contributed by atoms with Gasteiger partial charge in [0, 0.05) is 24.0 Å². The van der Waals surface area contributed by atoms with Crippen molar-refractivity contribution in [3.8, 4) is 0 Å². The largest absolute Gasteiger partial charge is 0.352 e. The Morgan fingerprint density at radius 2 is 1.61 bits per heavy atom. The van der Waals surface area contributed by atoms with Gasteiger partial charge in [0.05, 0.1) is 6.42 Å². The standard InChI is InChI=1S/C27H28ClFN2O2/c1-19(2)30-27(33)25(16-20-9-4-3-5-10-20)31(18-21-11-8-13-23(28)15-21)26(32)17-22-12-6-7-14-24(22)29/h3-15,19,25H,16-18H2,1-2H3,(H,30,33). The van der Waals surface area contributed by atoms with Crippen molar-refractivity contribution in [3.63, 3.8) is 0 Å². The highest BCUT2D eigenvalue weighted by atomic mass is 35.5. The maximum absolute atomic E-state index is 14.3. The molecule has 0 spiro atoms. The van der Waals surface area contributed by atoms with Crippen LogP contribution in [0.5, 0.6) is 0 Å².